The number of aromatic nitrogens is 2. The normalized spacial score (nSPS) is 14.6. The average molecular weight is 436 g/mol. The molecule has 0 aliphatic heterocycles. The molecule has 5 rings (SSSR count). The van der Waals surface area contributed by atoms with Gasteiger partial charge in [0, 0.05) is 22.7 Å². The fourth-order valence-corrected chi connectivity index (χ4v) is 4.28. The second-order valence-electron chi connectivity index (χ2n) is 7.72. The number of rotatable bonds is 5. The molecule has 0 saturated carbocycles. The second kappa shape index (κ2) is 8.17. The maximum Gasteiger partial charge on any atom is 0.249 e. The van der Waals surface area contributed by atoms with Crippen molar-refractivity contribution >= 4 is 17.4 Å². The van der Waals surface area contributed by atoms with Gasteiger partial charge in [0.1, 0.15) is 11.5 Å². The fraction of sp³-hybridized carbons (Fsp3) is 0.0769. The van der Waals surface area contributed by atoms with E-state index in [0.29, 0.717) is 22.5 Å². The van der Waals surface area contributed by atoms with Crippen LogP contribution in [-0.4, -0.2) is 21.9 Å². The predicted octanol–water partition coefficient (Wildman–Crippen LogP) is 4.67. The first kappa shape index (κ1) is 20.3. The minimum atomic E-state index is -1.59. The van der Waals surface area contributed by atoms with Crippen LogP contribution in [0, 0.1) is 23.1 Å². The predicted molar refractivity (Wildman–Crippen MR) is 120 cm³/mol. The zero-order valence-electron chi connectivity index (χ0n) is 17.2. The minimum Gasteiger partial charge on any atom is -0.325 e. The lowest BCUT2D eigenvalue weighted by Gasteiger charge is -2.15. The Hall–Kier alpha value is -4.57. The number of H-pyrrole nitrogens is 1. The van der Waals surface area contributed by atoms with Crippen LogP contribution in [0.2, 0.25) is 0 Å². The van der Waals surface area contributed by atoms with Gasteiger partial charge < -0.3 is 5.32 Å². The number of nitrogens with one attached hydrogen (secondary N) is 2. The highest BCUT2D eigenvalue weighted by Gasteiger charge is 2.40. The van der Waals surface area contributed by atoms with Crippen molar-refractivity contribution in [2.45, 2.75) is 5.92 Å². The van der Waals surface area contributed by atoms with Crippen LogP contribution in [0.5, 0.6) is 0 Å². The second-order valence-corrected chi connectivity index (χ2v) is 7.72. The number of amides is 1. The molecule has 3 aromatic carbocycles. The quantitative estimate of drug-likeness (QED) is 0.309. The summed E-state index contributed by atoms with van der Waals surface area (Å²) in [4.78, 5) is 26.1. The van der Waals surface area contributed by atoms with E-state index >= 15 is 0 Å². The van der Waals surface area contributed by atoms with Gasteiger partial charge in [0.25, 0.3) is 0 Å². The molecule has 0 saturated heterocycles. The monoisotopic (exact) mass is 436 g/mol. The number of fused-ring (bicyclic) bond motifs is 3. The Morgan fingerprint density at radius 1 is 1.03 bits per heavy atom. The first-order valence-electron chi connectivity index (χ1n) is 10.3. The summed E-state index contributed by atoms with van der Waals surface area (Å²) in [7, 11) is 0. The summed E-state index contributed by atoms with van der Waals surface area (Å²) in [6, 6.07) is 24.3. The van der Waals surface area contributed by atoms with Crippen molar-refractivity contribution in [1.29, 1.82) is 5.26 Å². The summed E-state index contributed by atoms with van der Waals surface area (Å²) < 4.78 is 14.0. The molecule has 6 nitrogen and oxygen atoms in total. The van der Waals surface area contributed by atoms with Crippen molar-refractivity contribution in [2.75, 3.05) is 5.32 Å². The van der Waals surface area contributed by atoms with Gasteiger partial charge in [0.15, 0.2) is 5.92 Å². The molecule has 33 heavy (non-hydrogen) atoms. The minimum absolute atomic E-state index is 0.00484. The Kier molecular flexibility index (Phi) is 5.04. The lowest BCUT2D eigenvalue weighted by molar-refractivity contribution is -0.117. The zero-order chi connectivity index (χ0) is 22.9. The molecule has 2 atom stereocenters. The van der Waals surface area contributed by atoms with Crippen LogP contribution in [0.25, 0.3) is 11.3 Å². The van der Waals surface area contributed by atoms with E-state index in [1.54, 1.807) is 36.4 Å². The summed E-state index contributed by atoms with van der Waals surface area (Å²) >= 11 is 0. The van der Waals surface area contributed by atoms with E-state index < -0.39 is 23.4 Å². The lowest BCUT2D eigenvalue weighted by atomic mass is 9.87. The molecule has 1 aliphatic carbocycles. The van der Waals surface area contributed by atoms with Gasteiger partial charge in [-0.15, -0.1) is 0 Å². The molecule has 2 unspecified atom stereocenters. The number of hydrogen-bond acceptors (Lipinski definition) is 4. The number of carbonyl (C=O) groups is 2. The van der Waals surface area contributed by atoms with Gasteiger partial charge in [-0.3, -0.25) is 14.7 Å². The van der Waals surface area contributed by atoms with Gasteiger partial charge in [-0.2, -0.15) is 10.4 Å². The van der Waals surface area contributed by atoms with E-state index in [4.69, 9.17) is 0 Å². The van der Waals surface area contributed by atoms with Crippen molar-refractivity contribution in [3.63, 3.8) is 0 Å². The first-order chi connectivity index (χ1) is 16.1. The number of ketones is 1. The molecule has 0 bridgehead atoms. The van der Waals surface area contributed by atoms with E-state index in [1.807, 2.05) is 36.4 Å². The Balaban J connectivity index is 1.57. The first-order valence-corrected chi connectivity index (χ1v) is 10.3. The molecule has 160 valence electrons. The number of benzene rings is 3. The van der Waals surface area contributed by atoms with Crippen LogP contribution < -0.4 is 5.32 Å². The van der Waals surface area contributed by atoms with Crippen LogP contribution in [0.1, 0.15) is 33.1 Å². The number of para-hydroxylation sites is 1. The number of aromatic amines is 1. The van der Waals surface area contributed by atoms with E-state index in [9.17, 15) is 19.2 Å². The van der Waals surface area contributed by atoms with Gasteiger partial charge in [-0.1, -0.05) is 54.6 Å². The third kappa shape index (κ3) is 3.48. The van der Waals surface area contributed by atoms with Crippen LogP contribution >= 0.6 is 0 Å². The SMILES string of the molecule is N#CC(C(=O)Nc1ccccc1)C(=O)c1n[nH]c2c1C(c1ccccc1)c1ccc(F)cc1-2. The molecule has 0 spiro atoms. The molecule has 1 heterocycles. The van der Waals surface area contributed by atoms with Crippen LogP contribution in [0.3, 0.4) is 0 Å². The smallest absolute Gasteiger partial charge is 0.249 e. The standard InChI is InChI=1S/C26H17FN4O2/c27-16-11-12-18-19(13-16)23-22(21(18)15-7-3-1-4-8-15)24(31-30-23)25(32)20(14-28)26(33)29-17-9-5-2-6-10-17/h1-13,20-21H,(H,29,33)(H,30,31). The number of nitriles is 1. The van der Waals surface area contributed by atoms with Gasteiger partial charge in [-0.05, 0) is 35.4 Å². The molecule has 0 fully saturated rings. The molecule has 1 aliphatic rings. The van der Waals surface area contributed by atoms with E-state index in [0.717, 1.165) is 11.1 Å². The van der Waals surface area contributed by atoms with E-state index in [2.05, 4.69) is 15.5 Å². The topological polar surface area (TPSA) is 98.6 Å². The van der Waals surface area contributed by atoms with Gasteiger partial charge >= 0.3 is 0 Å². The van der Waals surface area contributed by atoms with Crippen molar-refractivity contribution in [1.82, 2.24) is 10.2 Å². The molecule has 4 aromatic rings. The molecular formula is C26H17FN4O2. The van der Waals surface area contributed by atoms with Crippen LogP contribution in [-0.2, 0) is 4.79 Å². The lowest BCUT2D eigenvalue weighted by Crippen LogP contribution is -2.29. The molecule has 1 aromatic heterocycles. The third-order valence-corrected chi connectivity index (χ3v) is 5.75. The maximum atomic E-state index is 14.0. The highest BCUT2D eigenvalue weighted by atomic mass is 19.1. The van der Waals surface area contributed by atoms with Crippen molar-refractivity contribution in [2.24, 2.45) is 5.92 Å². The summed E-state index contributed by atoms with van der Waals surface area (Å²) in [5.74, 6) is -3.82. The van der Waals surface area contributed by atoms with Crippen molar-refractivity contribution in [3.8, 4) is 17.3 Å². The molecule has 2 N–H and O–H groups in total. The molecule has 7 heteroatoms. The Morgan fingerprint density at radius 2 is 1.73 bits per heavy atom. The summed E-state index contributed by atoms with van der Waals surface area (Å²) in [6.45, 7) is 0. The Bertz CT molecular complexity index is 1410. The van der Waals surface area contributed by atoms with Gasteiger partial charge in [-0.25, -0.2) is 4.39 Å². The number of carbonyl (C=O) groups excluding carboxylic acids is 2. The molecule has 0 radical (unpaired) electrons. The summed E-state index contributed by atoms with van der Waals surface area (Å²) in [5.41, 5.74) is 3.86. The highest BCUT2D eigenvalue weighted by Crippen LogP contribution is 2.48. The Labute approximate surface area is 188 Å². The number of Topliss-reactive ketones (excluding diaryl/α,β-unsaturated/α-hetero) is 1. The van der Waals surface area contributed by atoms with Gasteiger partial charge in [0.2, 0.25) is 11.7 Å². The number of nitrogens with zero attached hydrogens (tertiary/aromatic N) is 2. The van der Waals surface area contributed by atoms with E-state index in [-0.39, 0.29) is 11.6 Å². The van der Waals surface area contributed by atoms with Gasteiger partial charge in [0.05, 0.1) is 11.8 Å². The molecule has 1 amide bonds. The number of anilines is 1. The van der Waals surface area contributed by atoms with Crippen molar-refractivity contribution in [3.05, 3.63) is 107 Å². The number of hydrogen-bond donors (Lipinski definition) is 2. The fourth-order valence-electron chi connectivity index (χ4n) is 4.28. The van der Waals surface area contributed by atoms with Crippen LogP contribution in [0.15, 0.2) is 78.9 Å². The third-order valence-electron chi connectivity index (χ3n) is 5.75. The largest absolute Gasteiger partial charge is 0.325 e. The average Bonchev–Trinajstić information content (AvgIpc) is 3.39. The summed E-state index contributed by atoms with van der Waals surface area (Å²) in [5, 5.41) is 19.3. The van der Waals surface area contributed by atoms with Crippen molar-refractivity contribution < 1.29 is 14.0 Å². The zero-order valence-corrected chi connectivity index (χ0v) is 17.2. The van der Waals surface area contributed by atoms with Crippen LogP contribution in [0.4, 0.5) is 10.1 Å². The van der Waals surface area contributed by atoms with E-state index in [1.165, 1.54) is 12.1 Å². The molecular weight excluding hydrogens is 419 g/mol. The Morgan fingerprint density at radius 3 is 2.42 bits per heavy atom. The number of halogens is 1. The summed E-state index contributed by atoms with van der Waals surface area (Å²) in [6.07, 6.45) is 0. The highest BCUT2D eigenvalue weighted by molar-refractivity contribution is 6.16. The maximum absolute atomic E-state index is 14.0.